The first-order chi connectivity index (χ1) is 23.5. The average Bonchev–Trinajstić information content (AvgIpc) is 3.58. The van der Waals surface area contributed by atoms with Crippen LogP contribution in [-0.2, 0) is 0 Å². The maximum atomic E-state index is 2.87. The molecule has 48 heavy (non-hydrogen) atoms. The van der Waals surface area contributed by atoms with Crippen molar-refractivity contribution in [3.8, 4) is 0 Å². The van der Waals surface area contributed by atoms with Gasteiger partial charge in [-0.1, -0.05) is 98.9 Å². The molecule has 8 atom stereocenters. The van der Waals surface area contributed by atoms with Crippen LogP contribution in [0.15, 0.2) is 131 Å². The van der Waals surface area contributed by atoms with Crippen molar-refractivity contribution < 1.29 is 0 Å². The quantitative estimate of drug-likeness (QED) is 0.278. The van der Waals surface area contributed by atoms with Gasteiger partial charge in [0.1, 0.15) is 5.82 Å². The van der Waals surface area contributed by atoms with Gasteiger partial charge >= 0.3 is 0 Å². The fourth-order valence-electron chi connectivity index (χ4n) is 11.3. The van der Waals surface area contributed by atoms with Crippen LogP contribution in [0.5, 0.6) is 0 Å². The van der Waals surface area contributed by atoms with E-state index in [-0.39, 0.29) is 5.41 Å². The van der Waals surface area contributed by atoms with Crippen LogP contribution < -0.4 is 0 Å². The van der Waals surface area contributed by atoms with Gasteiger partial charge < -0.3 is 9.80 Å². The molecule has 0 aromatic rings. The van der Waals surface area contributed by atoms with E-state index in [1.165, 1.54) is 50.0 Å². The molecule has 2 heterocycles. The van der Waals surface area contributed by atoms with E-state index >= 15 is 0 Å². The zero-order valence-electron chi connectivity index (χ0n) is 29.5. The third-order valence-electron chi connectivity index (χ3n) is 13.6. The van der Waals surface area contributed by atoms with Crippen molar-refractivity contribution in [2.75, 3.05) is 13.6 Å². The largest absolute Gasteiger partial charge is 0.361 e. The molecule has 7 aliphatic carbocycles. The molecule has 1 saturated carbocycles. The molecule has 0 aromatic heterocycles. The summed E-state index contributed by atoms with van der Waals surface area (Å²) in [5, 5.41) is 0. The standard InChI is InChI=1S/C45H55N3/c1-45(2)40-17-9-7-15-36(40)37-26-25-35(30-41(37)45)47(44-19-11-12-28-46(44)3)34-23-20-31(21-24-34)32-22-27-43-39(29-32)38-16-8-10-18-42(38)48(43)33-13-5-4-6-14-33/h4-6,8-10,13,16-20,23,26,29-30,33,35-36,38-40,42-43H,7,11-12,14-15,21-22,24-25,27-28H2,1-3H3/t33?,35?,36-,38?,39?,40?,42?,43?/m0/s1. The predicted molar refractivity (Wildman–Crippen MR) is 200 cm³/mol. The molecule has 0 radical (unpaired) electrons. The van der Waals surface area contributed by atoms with E-state index in [1.807, 2.05) is 0 Å². The lowest BCUT2D eigenvalue weighted by Gasteiger charge is -2.43. The van der Waals surface area contributed by atoms with Crippen molar-refractivity contribution in [1.29, 1.82) is 0 Å². The molecule has 9 rings (SSSR count). The highest BCUT2D eigenvalue weighted by molar-refractivity contribution is 5.50. The summed E-state index contributed by atoms with van der Waals surface area (Å²) in [6.07, 6.45) is 51.5. The second kappa shape index (κ2) is 12.2. The second-order valence-electron chi connectivity index (χ2n) is 16.5. The third kappa shape index (κ3) is 5.01. The molecule has 0 spiro atoms. The molecule has 1 saturated heterocycles. The Morgan fingerprint density at radius 1 is 0.792 bits per heavy atom. The summed E-state index contributed by atoms with van der Waals surface area (Å²) in [4.78, 5) is 8.16. The van der Waals surface area contributed by atoms with Crippen LogP contribution >= 0.6 is 0 Å². The molecule has 0 bridgehead atoms. The highest BCUT2D eigenvalue weighted by Crippen LogP contribution is 2.58. The Hall–Kier alpha value is -3.30. The summed E-state index contributed by atoms with van der Waals surface area (Å²) in [6.45, 7) is 6.17. The molecule has 2 aliphatic heterocycles. The van der Waals surface area contributed by atoms with Crippen LogP contribution in [-0.4, -0.2) is 52.5 Å². The minimum Gasteiger partial charge on any atom is -0.361 e. The molecule has 3 heteroatoms. The number of nitrogens with zero attached hydrogens (tertiary/aromatic N) is 3. The molecule has 2 fully saturated rings. The Balaban J connectivity index is 1.01. The SMILES string of the molecule is CN1CCCC=C1N(C1=CC=C(C2=CC3C4C=CC=CC4N(C4C=CC=CC4)C3CC2)CC1)C1C=C2C(=CC1)[C@@H]1CCC=CC1C2(C)C. The van der Waals surface area contributed by atoms with Gasteiger partial charge in [0.2, 0.25) is 0 Å². The zero-order valence-corrected chi connectivity index (χ0v) is 29.5. The second-order valence-corrected chi connectivity index (χ2v) is 16.5. The summed E-state index contributed by atoms with van der Waals surface area (Å²) in [5.74, 6) is 3.98. The first-order valence-corrected chi connectivity index (χ1v) is 19.4. The van der Waals surface area contributed by atoms with Crippen LogP contribution in [0, 0.1) is 29.1 Å². The summed E-state index contributed by atoms with van der Waals surface area (Å²) in [5.41, 5.74) is 8.23. The molecule has 7 unspecified atom stereocenters. The van der Waals surface area contributed by atoms with Gasteiger partial charge in [-0.25, -0.2) is 0 Å². The maximum Gasteiger partial charge on any atom is 0.104 e. The highest BCUT2D eigenvalue weighted by atomic mass is 15.3. The summed E-state index contributed by atoms with van der Waals surface area (Å²) < 4.78 is 0. The number of allylic oxidation sites excluding steroid dienone is 14. The normalized spacial score (nSPS) is 37.8. The van der Waals surface area contributed by atoms with Crippen molar-refractivity contribution in [3.63, 3.8) is 0 Å². The van der Waals surface area contributed by atoms with E-state index in [9.17, 15) is 0 Å². The van der Waals surface area contributed by atoms with Gasteiger partial charge in [0, 0.05) is 49.3 Å². The average molecular weight is 638 g/mol. The van der Waals surface area contributed by atoms with E-state index in [2.05, 4.69) is 133 Å². The van der Waals surface area contributed by atoms with Crippen molar-refractivity contribution in [2.45, 2.75) is 102 Å². The van der Waals surface area contributed by atoms with Crippen LogP contribution in [0.4, 0.5) is 0 Å². The van der Waals surface area contributed by atoms with E-state index < -0.39 is 0 Å². The predicted octanol–water partition coefficient (Wildman–Crippen LogP) is 9.72. The Labute approximate surface area is 289 Å². The number of hydrogen-bond donors (Lipinski definition) is 0. The van der Waals surface area contributed by atoms with Gasteiger partial charge in [-0.3, -0.25) is 4.90 Å². The number of rotatable bonds is 5. The van der Waals surface area contributed by atoms with Crippen LogP contribution in [0.1, 0.15) is 78.1 Å². The number of hydrogen-bond acceptors (Lipinski definition) is 3. The first-order valence-electron chi connectivity index (χ1n) is 19.4. The molecule has 0 aromatic carbocycles. The van der Waals surface area contributed by atoms with E-state index in [4.69, 9.17) is 0 Å². The van der Waals surface area contributed by atoms with Crippen LogP contribution in [0.2, 0.25) is 0 Å². The first kappa shape index (κ1) is 30.7. The Morgan fingerprint density at radius 2 is 1.69 bits per heavy atom. The van der Waals surface area contributed by atoms with E-state index in [1.54, 1.807) is 22.3 Å². The van der Waals surface area contributed by atoms with Crippen LogP contribution in [0.3, 0.4) is 0 Å². The molecule has 0 amide bonds. The molecule has 3 nitrogen and oxygen atoms in total. The fourth-order valence-corrected chi connectivity index (χ4v) is 11.3. The lowest BCUT2D eigenvalue weighted by Crippen LogP contribution is -2.45. The minimum atomic E-state index is 0.200. The van der Waals surface area contributed by atoms with Gasteiger partial charge in [0.25, 0.3) is 0 Å². The lowest BCUT2D eigenvalue weighted by molar-refractivity contribution is 0.156. The van der Waals surface area contributed by atoms with Gasteiger partial charge in [-0.15, -0.1) is 0 Å². The molecule has 250 valence electrons. The maximum absolute atomic E-state index is 2.87. The Bertz CT molecular complexity index is 1660. The summed E-state index contributed by atoms with van der Waals surface area (Å²) in [7, 11) is 2.31. The number of likely N-dealkylation sites (tertiary alicyclic amines) is 1. The highest BCUT2D eigenvalue weighted by Gasteiger charge is 2.50. The molecular weight excluding hydrogens is 583 g/mol. The summed E-state index contributed by atoms with van der Waals surface area (Å²) >= 11 is 0. The Morgan fingerprint density at radius 3 is 2.52 bits per heavy atom. The fraction of sp³-hybridized carbons (Fsp3) is 0.511. The van der Waals surface area contributed by atoms with Crippen molar-refractivity contribution >= 4 is 0 Å². The van der Waals surface area contributed by atoms with E-state index in [0.717, 1.165) is 32.2 Å². The minimum absolute atomic E-state index is 0.200. The Kier molecular flexibility index (Phi) is 7.83. The van der Waals surface area contributed by atoms with Gasteiger partial charge in [0.15, 0.2) is 0 Å². The van der Waals surface area contributed by atoms with Crippen LogP contribution in [0.25, 0.3) is 0 Å². The van der Waals surface area contributed by atoms with Crippen molar-refractivity contribution in [3.05, 3.63) is 131 Å². The molecular formula is C45H55N3. The summed E-state index contributed by atoms with van der Waals surface area (Å²) in [6, 6.07) is 2.06. The topological polar surface area (TPSA) is 9.72 Å². The smallest absolute Gasteiger partial charge is 0.104 e. The lowest BCUT2D eigenvalue weighted by atomic mass is 9.73. The monoisotopic (exact) mass is 637 g/mol. The van der Waals surface area contributed by atoms with E-state index in [0.29, 0.717) is 47.8 Å². The number of fused-ring (bicyclic) bond motifs is 6. The van der Waals surface area contributed by atoms with Gasteiger partial charge in [-0.2, -0.15) is 0 Å². The van der Waals surface area contributed by atoms with Gasteiger partial charge in [0.05, 0.1) is 6.04 Å². The van der Waals surface area contributed by atoms with Crippen molar-refractivity contribution in [1.82, 2.24) is 14.7 Å². The van der Waals surface area contributed by atoms with Crippen molar-refractivity contribution in [2.24, 2.45) is 29.1 Å². The zero-order chi connectivity index (χ0) is 32.4. The third-order valence-corrected chi connectivity index (χ3v) is 13.6. The molecule has 9 aliphatic rings. The molecule has 0 N–H and O–H groups in total. The van der Waals surface area contributed by atoms with Gasteiger partial charge in [-0.05, 0) is 116 Å².